The number of benzene rings is 2. The minimum absolute atomic E-state index is 0.154. The number of amidine groups is 1. The zero-order chi connectivity index (χ0) is 18.4. The van der Waals surface area contributed by atoms with Crippen LogP contribution in [0.5, 0.6) is 11.8 Å². The van der Waals surface area contributed by atoms with Crippen molar-refractivity contribution in [2.75, 3.05) is 5.43 Å². The van der Waals surface area contributed by atoms with E-state index in [0.29, 0.717) is 11.4 Å². The molecule has 0 aliphatic rings. The molecule has 0 atom stereocenters. The molecule has 128 valence electrons. The first-order chi connectivity index (χ1) is 12.7. The van der Waals surface area contributed by atoms with Crippen molar-refractivity contribution >= 4 is 17.2 Å². The number of hydrazone groups is 1. The van der Waals surface area contributed by atoms with E-state index in [1.165, 1.54) is 4.68 Å². The van der Waals surface area contributed by atoms with Crippen LogP contribution in [0.3, 0.4) is 0 Å². The maximum absolute atomic E-state index is 8.91. The molecule has 0 bridgehead atoms. The van der Waals surface area contributed by atoms with E-state index in [9.17, 15) is 0 Å². The first-order valence-electron chi connectivity index (χ1n) is 7.38. The lowest BCUT2D eigenvalue weighted by atomic mass is 10.3. The molecule has 0 spiro atoms. The van der Waals surface area contributed by atoms with Crippen LogP contribution >= 0.6 is 0 Å². The quantitative estimate of drug-likeness (QED) is 0.348. The predicted octanol–water partition coefficient (Wildman–Crippen LogP) is 1.68. The largest absolute Gasteiger partial charge is 0.421 e. The lowest BCUT2D eigenvalue weighted by Crippen LogP contribution is -2.21. The Bertz CT molecular complexity index is 988. The molecule has 0 fully saturated rings. The Labute approximate surface area is 148 Å². The Hall–Kier alpha value is -4.26. The Balaban J connectivity index is 1.88. The Morgan fingerprint density at radius 3 is 2.65 bits per heavy atom. The van der Waals surface area contributed by atoms with Gasteiger partial charge in [0.25, 0.3) is 0 Å². The zero-order valence-corrected chi connectivity index (χ0v) is 13.4. The second-order valence-electron chi connectivity index (χ2n) is 4.90. The summed E-state index contributed by atoms with van der Waals surface area (Å²) >= 11 is 0. The molecule has 1 aromatic heterocycles. The van der Waals surface area contributed by atoms with E-state index in [1.807, 2.05) is 30.3 Å². The number of nitriles is 1. The summed E-state index contributed by atoms with van der Waals surface area (Å²) in [7, 11) is 0. The number of nitrogens with one attached hydrogen (secondary N) is 2. The van der Waals surface area contributed by atoms with Gasteiger partial charge in [-0.3, -0.25) is 10.8 Å². The van der Waals surface area contributed by atoms with E-state index in [-0.39, 0.29) is 11.7 Å². The van der Waals surface area contributed by atoms with Gasteiger partial charge < -0.3 is 10.5 Å². The molecule has 0 saturated heterocycles. The van der Waals surface area contributed by atoms with Crippen LogP contribution in [0.1, 0.15) is 0 Å². The third kappa shape index (κ3) is 3.62. The van der Waals surface area contributed by atoms with E-state index in [2.05, 4.69) is 26.1 Å². The van der Waals surface area contributed by atoms with Crippen molar-refractivity contribution in [1.82, 2.24) is 20.2 Å². The molecule has 4 N–H and O–H groups in total. The molecule has 1 heterocycles. The fraction of sp³-hybridized carbons (Fsp3) is 0. The maximum atomic E-state index is 8.91. The van der Waals surface area contributed by atoms with Gasteiger partial charge in [0.2, 0.25) is 5.71 Å². The van der Waals surface area contributed by atoms with Crippen LogP contribution < -0.4 is 15.9 Å². The standard InChI is InChI=1S/C16H13N9O/c17-10-13(15(18)19)21-20-12-8-4-5-9-14(12)26-16-22-23-24-25(16)11-6-2-1-3-7-11/h1-9,20H,(H3,18,19)/b21-13+. The molecule has 0 amide bonds. The molecule has 0 radical (unpaired) electrons. The fourth-order valence-corrected chi connectivity index (χ4v) is 1.98. The summed E-state index contributed by atoms with van der Waals surface area (Å²) < 4.78 is 7.23. The van der Waals surface area contributed by atoms with Gasteiger partial charge in [0, 0.05) is 0 Å². The van der Waals surface area contributed by atoms with Crippen LogP contribution in [-0.4, -0.2) is 31.8 Å². The maximum Gasteiger partial charge on any atom is 0.345 e. The third-order valence-corrected chi connectivity index (χ3v) is 3.18. The van der Waals surface area contributed by atoms with Crippen LogP contribution in [0, 0.1) is 16.7 Å². The molecule has 10 nitrogen and oxygen atoms in total. The number of rotatable bonds is 6. The van der Waals surface area contributed by atoms with Crippen molar-refractivity contribution in [2.45, 2.75) is 0 Å². The number of hydrogen-bond acceptors (Lipinski definition) is 8. The van der Waals surface area contributed by atoms with Crippen LogP contribution in [0.15, 0.2) is 59.7 Å². The van der Waals surface area contributed by atoms with E-state index in [4.69, 9.17) is 21.1 Å². The normalized spacial score (nSPS) is 10.8. The van der Waals surface area contributed by atoms with Gasteiger partial charge in [0.15, 0.2) is 11.6 Å². The van der Waals surface area contributed by atoms with E-state index in [1.54, 1.807) is 30.3 Å². The number of anilines is 1. The Morgan fingerprint density at radius 1 is 1.19 bits per heavy atom. The van der Waals surface area contributed by atoms with Crippen molar-refractivity contribution in [1.29, 1.82) is 10.7 Å². The highest BCUT2D eigenvalue weighted by atomic mass is 16.5. The van der Waals surface area contributed by atoms with E-state index >= 15 is 0 Å². The van der Waals surface area contributed by atoms with E-state index in [0.717, 1.165) is 5.69 Å². The smallest absolute Gasteiger partial charge is 0.345 e. The average Bonchev–Trinajstić information content (AvgIpc) is 3.12. The number of tetrazole rings is 1. The summed E-state index contributed by atoms with van der Waals surface area (Å²) in [6, 6.07) is 18.0. The van der Waals surface area contributed by atoms with Crippen LogP contribution in [-0.2, 0) is 0 Å². The highest BCUT2D eigenvalue weighted by Gasteiger charge is 2.13. The monoisotopic (exact) mass is 347 g/mol. The van der Waals surface area contributed by atoms with Crippen molar-refractivity contribution in [3.63, 3.8) is 0 Å². The first-order valence-corrected chi connectivity index (χ1v) is 7.38. The summed E-state index contributed by atoms with van der Waals surface area (Å²) in [6.07, 6.45) is 0. The van der Waals surface area contributed by atoms with Crippen molar-refractivity contribution in [2.24, 2.45) is 10.8 Å². The van der Waals surface area contributed by atoms with Gasteiger partial charge in [0.1, 0.15) is 6.07 Å². The third-order valence-electron chi connectivity index (χ3n) is 3.18. The minimum Gasteiger partial charge on any atom is -0.421 e. The summed E-state index contributed by atoms with van der Waals surface area (Å²) in [6.45, 7) is 0. The molecule has 0 aliphatic heterocycles. The SMILES string of the molecule is N#C/C(=N\Nc1ccccc1Oc1nnnn1-c1ccccc1)C(=N)N. The van der Waals surface area contributed by atoms with E-state index < -0.39 is 5.84 Å². The van der Waals surface area contributed by atoms with Gasteiger partial charge in [-0.1, -0.05) is 35.4 Å². The van der Waals surface area contributed by atoms with Crippen LogP contribution in [0.4, 0.5) is 5.69 Å². The molecular weight excluding hydrogens is 334 g/mol. The van der Waals surface area contributed by atoms with Gasteiger partial charge in [-0.2, -0.15) is 15.0 Å². The Kier molecular flexibility index (Phi) is 4.81. The first kappa shape index (κ1) is 16.6. The molecule has 2 aromatic carbocycles. The highest BCUT2D eigenvalue weighted by molar-refractivity contribution is 6.45. The fourth-order valence-electron chi connectivity index (χ4n) is 1.98. The number of nitrogens with zero attached hydrogens (tertiary/aromatic N) is 6. The molecular formula is C16H13N9O. The van der Waals surface area contributed by atoms with Crippen LogP contribution in [0.2, 0.25) is 0 Å². The molecule has 3 rings (SSSR count). The summed E-state index contributed by atoms with van der Waals surface area (Å²) in [4.78, 5) is 0. The average molecular weight is 347 g/mol. The number of nitrogens with two attached hydrogens (primary N) is 1. The second kappa shape index (κ2) is 7.54. The predicted molar refractivity (Wildman–Crippen MR) is 94.3 cm³/mol. The van der Waals surface area contributed by atoms with Crippen LogP contribution in [0.25, 0.3) is 5.69 Å². The lowest BCUT2D eigenvalue weighted by Gasteiger charge is -2.10. The minimum atomic E-state index is -0.438. The molecule has 26 heavy (non-hydrogen) atoms. The molecule has 0 saturated carbocycles. The summed E-state index contributed by atoms with van der Waals surface area (Å²) in [5.41, 5.74) is 8.87. The van der Waals surface area contributed by atoms with Gasteiger partial charge in [-0.05, 0) is 34.7 Å². The van der Waals surface area contributed by atoms with Crippen molar-refractivity contribution in [3.05, 3.63) is 54.6 Å². The summed E-state index contributed by atoms with van der Waals surface area (Å²) in [5, 5.41) is 31.4. The van der Waals surface area contributed by atoms with Gasteiger partial charge >= 0.3 is 6.01 Å². The van der Waals surface area contributed by atoms with Crippen molar-refractivity contribution in [3.8, 4) is 23.5 Å². The zero-order valence-electron chi connectivity index (χ0n) is 13.4. The van der Waals surface area contributed by atoms with Gasteiger partial charge in [0.05, 0.1) is 11.4 Å². The highest BCUT2D eigenvalue weighted by Crippen LogP contribution is 2.28. The lowest BCUT2D eigenvalue weighted by molar-refractivity contribution is 0.429. The number of ether oxygens (including phenoxy) is 1. The van der Waals surface area contributed by atoms with Crippen molar-refractivity contribution < 1.29 is 4.74 Å². The molecule has 0 aliphatic carbocycles. The molecule has 0 unspecified atom stereocenters. The summed E-state index contributed by atoms with van der Waals surface area (Å²) in [5.74, 6) is -0.0597. The topological polar surface area (TPSA) is 151 Å². The van der Waals surface area contributed by atoms with Gasteiger partial charge in [-0.25, -0.2) is 0 Å². The Morgan fingerprint density at radius 2 is 1.92 bits per heavy atom. The number of hydrogen-bond donors (Lipinski definition) is 3. The molecule has 3 aromatic rings. The number of aromatic nitrogens is 4. The number of para-hydroxylation sites is 3. The molecule has 10 heteroatoms. The second-order valence-corrected chi connectivity index (χ2v) is 4.90. The van der Waals surface area contributed by atoms with Gasteiger partial charge in [-0.15, -0.1) is 0 Å².